The van der Waals surface area contributed by atoms with Crippen LogP contribution in [0.5, 0.6) is 5.75 Å². The molecule has 3 aromatic rings. The van der Waals surface area contributed by atoms with Gasteiger partial charge in [0.15, 0.2) is 0 Å². The molecule has 0 saturated carbocycles. The molecule has 6 amide bonds. The molecule has 3 aromatic carbocycles. The van der Waals surface area contributed by atoms with Crippen molar-refractivity contribution in [3.05, 3.63) is 78.4 Å². The van der Waals surface area contributed by atoms with Gasteiger partial charge in [0.05, 0.1) is 7.11 Å². The maximum Gasteiger partial charge on any atom is 0.321 e. The van der Waals surface area contributed by atoms with Crippen molar-refractivity contribution in [2.45, 2.75) is 43.4 Å². The van der Waals surface area contributed by atoms with Crippen molar-refractivity contribution in [1.82, 2.24) is 14.7 Å². The van der Waals surface area contributed by atoms with E-state index in [0.717, 1.165) is 111 Å². The van der Waals surface area contributed by atoms with Crippen molar-refractivity contribution in [2.75, 3.05) is 68.1 Å². The highest BCUT2D eigenvalue weighted by molar-refractivity contribution is 7.99. The number of likely N-dealkylation sites (tertiary alicyclic amines) is 3. The number of aryl methyl sites for hydroxylation is 1. The second kappa shape index (κ2) is 16.1. The lowest BCUT2D eigenvalue weighted by atomic mass is 9.99. The Balaban J connectivity index is 0.870. The van der Waals surface area contributed by atoms with Gasteiger partial charge in [-0.15, -0.1) is 11.8 Å². The minimum Gasteiger partial charge on any atom is -0.497 e. The average molecular weight is 671 g/mol. The van der Waals surface area contributed by atoms with Crippen LogP contribution in [0.4, 0.5) is 31.4 Å². The van der Waals surface area contributed by atoms with E-state index < -0.39 is 0 Å². The third-order valence-electron chi connectivity index (χ3n) is 9.52. The molecule has 0 spiro atoms. The third-order valence-corrected chi connectivity index (χ3v) is 10.8. The van der Waals surface area contributed by atoms with Gasteiger partial charge in [-0.05, 0) is 117 Å². The van der Waals surface area contributed by atoms with Crippen LogP contribution < -0.4 is 20.7 Å². The molecule has 0 aliphatic carbocycles. The smallest absolute Gasteiger partial charge is 0.321 e. The lowest BCUT2D eigenvalue weighted by Crippen LogP contribution is -2.33. The van der Waals surface area contributed by atoms with Crippen LogP contribution in [0, 0.1) is 11.8 Å². The molecule has 11 heteroatoms. The fraction of sp³-hybridized carbons (Fsp3) is 0.432. The summed E-state index contributed by atoms with van der Waals surface area (Å²) in [6, 6.07) is 23.4. The topological polar surface area (TPSA) is 106 Å². The molecule has 3 saturated heterocycles. The maximum absolute atomic E-state index is 13.0. The molecule has 2 unspecified atom stereocenters. The highest BCUT2D eigenvalue weighted by Crippen LogP contribution is 2.28. The molecule has 3 N–H and O–H groups in total. The normalized spacial score (nSPS) is 19.0. The number of ether oxygens (including phenoxy) is 1. The van der Waals surface area contributed by atoms with Crippen LogP contribution in [0.25, 0.3) is 0 Å². The van der Waals surface area contributed by atoms with Gasteiger partial charge in [0.1, 0.15) is 5.75 Å². The first-order valence-electron chi connectivity index (χ1n) is 17.1. The van der Waals surface area contributed by atoms with E-state index >= 15 is 0 Å². The molecule has 3 heterocycles. The number of hydrogen-bond donors (Lipinski definition) is 3. The molecule has 0 aromatic heterocycles. The number of nitrogens with one attached hydrogen (secondary N) is 3. The lowest BCUT2D eigenvalue weighted by molar-refractivity contribution is 0.220. The Morgan fingerprint density at radius 1 is 0.667 bits per heavy atom. The first-order chi connectivity index (χ1) is 23.4. The van der Waals surface area contributed by atoms with Gasteiger partial charge < -0.3 is 35.4 Å². The van der Waals surface area contributed by atoms with Gasteiger partial charge in [0, 0.05) is 67.0 Å². The quantitative estimate of drug-likeness (QED) is 0.194. The van der Waals surface area contributed by atoms with E-state index in [4.69, 9.17) is 4.74 Å². The minimum absolute atomic E-state index is 0.0127. The summed E-state index contributed by atoms with van der Waals surface area (Å²) < 4.78 is 5.18. The van der Waals surface area contributed by atoms with Crippen LogP contribution in [0.1, 0.15) is 37.7 Å². The molecule has 0 radical (unpaired) electrons. The number of hydrogen-bond acceptors (Lipinski definition) is 5. The maximum atomic E-state index is 13.0. The minimum atomic E-state index is -0.0669. The van der Waals surface area contributed by atoms with E-state index in [-0.39, 0.29) is 18.1 Å². The van der Waals surface area contributed by atoms with E-state index in [1.165, 1.54) is 5.56 Å². The molecule has 3 aliphatic heterocycles. The van der Waals surface area contributed by atoms with Crippen LogP contribution in [0.15, 0.2) is 77.7 Å². The molecule has 48 heavy (non-hydrogen) atoms. The first kappa shape index (κ1) is 33.5. The number of nitrogens with zero attached hydrogens (tertiary/aromatic N) is 3. The summed E-state index contributed by atoms with van der Waals surface area (Å²) in [6.07, 6.45) is 6.14. The fourth-order valence-electron chi connectivity index (χ4n) is 6.58. The Bertz CT molecular complexity index is 1530. The van der Waals surface area contributed by atoms with Crippen LogP contribution in [-0.2, 0) is 6.42 Å². The highest BCUT2D eigenvalue weighted by atomic mass is 32.2. The van der Waals surface area contributed by atoms with Gasteiger partial charge in [-0.1, -0.05) is 12.1 Å². The standard InChI is InChI=1S/C37H46N6O4S/c1-47-33-14-10-31(11-15-33)39-37(46)43-23-19-29(25-43)26-48-34-16-12-32(13-17-34)40-36(45)42-22-18-28(24-42)5-4-27-6-8-30(9-7-27)38-35(44)41-20-2-3-21-41/h6-17,28-29H,2-5,18-26H2,1H3,(H,38,44)(H,39,46)(H,40,45). The van der Waals surface area contributed by atoms with Gasteiger partial charge in [-0.25, -0.2) is 14.4 Å². The molecule has 10 nitrogen and oxygen atoms in total. The summed E-state index contributed by atoms with van der Waals surface area (Å²) in [6.45, 7) is 4.70. The third kappa shape index (κ3) is 9.15. The number of carbonyl (C=O) groups excluding carboxylic acids is 3. The zero-order valence-corrected chi connectivity index (χ0v) is 28.5. The van der Waals surface area contributed by atoms with Crippen LogP contribution in [0.3, 0.4) is 0 Å². The summed E-state index contributed by atoms with van der Waals surface area (Å²) in [5.74, 6) is 2.61. The van der Waals surface area contributed by atoms with Crippen molar-refractivity contribution >= 4 is 46.9 Å². The Morgan fingerprint density at radius 3 is 1.75 bits per heavy atom. The largest absolute Gasteiger partial charge is 0.497 e. The number of rotatable bonds is 10. The molecule has 2 atom stereocenters. The van der Waals surface area contributed by atoms with Gasteiger partial charge in [0.25, 0.3) is 0 Å². The van der Waals surface area contributed by atoms with E-state index in [1.54, 1.807) is 18.9 Å². The van der Waals surface area contributed by atoms with E-state index in [0.29, 0.717) is 11.8 Å². The molecular formula is C37H46N6O4S. The van der Waals surface area contributed by atoms with E-state index in [1.807, 2.05) is 63.2 Å². The number of urea groups is 3. The van der Waals surface area contributed by atoms with E-state index in [2.05, 4.69) is 40.2 Å². The Kier molecular flexibility index (Phi) is 11.3. The van der Waals surface area contributed by atoms with Crippen LogP contribution >= 0.6 is 11.8 Å². The highest BCUT2D eigenvalue weighted by Gasteiger charge is 2.27. The Labute approximate surface area is 287 Å². The summed E-state index contributed by atoms with van der Waals surface area (Å²) >= 11 is 1.79. The van der Waals surface area contributed by atoms with Crippen molar-refractivity contribution in [3.63, 3.8) is 0 Å². The lowest BCUT2D eigenvalue weighted by Gasteiger charge is -2.18. The number of benzene rings is 3. The van der Waals surface area contributed by atoms with Gasteiger partial charge in [-0.3, -0.25) is 0 Å². The van der Waals surface area contributed by atoms with Gasteiger partial charge in [0.2, 0.25) is 0 Å². The van der Waals surface area contributed by atoms with Gasteiger partial charge in [-0.2, -0.15) is 0 Å². The molecular weight excluding hydrogens is 625 g/mol. The number of carbonyl (C=O) groups is 3. The monoisotopic (exact) mass is 670 g/mol. The van der Waals surface area contributed by atoms with E-state index in [9.17, 15) is 14.4 Å². The van der Waals surface area contributed by atoms with Crippen LogP contribution in [-0.4, -0.2) is 84.9 Å². The Hall–Kier alpha value is -4.38. The predicted octanol–water partition coefficient (Wildman–Crippen LogP) is 7.46. The average Bonchev–Trinajstić information content (AvgIpc) is 3.91. The zero-order chi connectivity index (χ0) is 33.3. The molecule has 6 rings (SSSR count). The number of methoxy groups -OCH3 is 1. The second-order valence-electron chi connectivity index (χ2n) is 13.0. The first-order valence-corrected chi connectivity index (χ1v) is 18.0. The number of anilines is 3. The Morgan fingerprint density at radius 2 is 1.17 bits per heavy atom. The number of thioether (sulfide) groups is 1. The fourth-order valence-corrected chi connectivity index (χ4v) is 7.61. The summed E-state index contributed by atoms with van der Waals surface area (Å²) in [7, 11) is 1.62. The van der Waals surface area contributed by atoms with Crippen molar-refractivity contribution in [2.24, 2.45) is 11.8 Å². The zero-order valence-electron chi connectivity index (χ0n) is 27.7. The molecule has 3 fully saturated rings. The second-order valence-corrected chi connectivity index (χ2v) is 14.1. The molecule has 254 valence electrons. The SMILES string of the molecule is COc1ccc(NC(=O)N2CCC(CSc3ccc(NC(=O)N4CCC(CCc5ccc(NC(=O)N6CCCC6)cc5)C4)cc3)C2)cc1. The van der Waals surface area contributed by atoms with Crippen molar-refractivity contribution < 1.29 is 19.1 Å². The van der Waals surface area contributed by atoms with Gasteiger partial charge >= 0.3 is 18.1 Å². The van der Waals surface area contributed by atoms with Crippen molar-refractivity contribution in [1.29, 1.82) is 0 Å². The van der Waals surface area contributed by atoms with Crippen LogP contribution in [0.2, 0.25) is 0 Å². The summed E-state index contributed by atoms with van der Waals surface area (Å²) in [4.78, 5) is 44.9. The van der Waals surface area contributed by atoms with Crippen molar-refractivity contribution in [3.8, 4) is 5.75 Å². The molecule has 0 bridgehead atoms. The molecule has 3 aliphatic rings. The number of amides is 6. The summed E-state index contributed by atoms with van der Waals surface area (Å²) in [5.41, 5.74) is 3.64. The predicted molar refractivity (Wildman–Crippen MR) is 192 cm³/mol. The summed E-state index contributed by atoms with van der Waals surface area (Å²) in [5, 5.41) is 9.04.